The third kappa shape index (κ3) is 18.6. The maximum Gasteiger partial charge on any atom is 0.119 e. The Bertz CT molecular complexity index is 1410. The van der Waals surface area contributed by atoms with E-state index >= 15 is 0 Å². The lowest BCUT2D eigenvalue weighted by Crippen LogP contribution is -2.15. The lowest BCUT2D eigenvalue weighted by molar-refractivity contribution is -0.0313. The summed E-state index contributed by atoms with van der Waals surface area (Å²) in [5.41, 5.74) is 3.42. The Kier molecular flexibility index (Phi) is 22.8. The maximum absolute atomic E-state index is 6.47. The van der Waals surface area contributed by atoms with Gasteiger partial charge in [0.15, 0.2) is 0 Å². The lowest BCUT2D eigenvalue weighted by Gasteiger charge is -2.28. The van der Waals surface area contributed by atoms with Crippen LogP contribution in [-0.2, 0) is 22.7 Å². The second-order valence-electron chi connectivity index (χ2n) is 18.2. The number of hydrogen-bond acceptors (Lipinski definition) is 4. The molecule has 0 bridgehead atoms. The van der Waals surface area contributed by atoms with Crippen molar-refractivity contribution in [2.75, 3.05) is 19.8 Å². The minimum Gasteiger partial charge on any atom is -0.494 e. The summed E-state index contributed by atoms with van der Waals surface area (Å²) >= 11 is 0. The fourth-order valence-corrected chi connectivity index (χ4v) is 9.57. The molecule has 0 unspecified atom stereocenters. The van der Waals surface area contributed by atoms with E-state index in [0.717, 1.165) is 77.9 Å². The summed E-state index contributed by atoms with van der Waals surface area (Å²) in [6, 6.07) is 27.3. The predicted octanol–water partition coefficient (Wildman–Crippen LogP) is 15.8. The molecule has 0 radical (unpaired) electrons. The van der Waals surface area contributed by atoms with Crippen LogP contribution in [0.15, 0.2) is 78.9 Å². The molecular formula is C54H82O4. The van der Waals surface area contributed by atoms with Gasteiger partial charge in [0, 0.05) is 0 Å². The highest BCUT2D eigenvalue weighted by Gasteiger charge is 2.22. The molecule has 0 N–H and O–H groups in total. The van der Waals surface area contributed by atoms with Gasteiger partial charge in [-0.15, -0.1) is 0 Å². The molecule has 2 fully saturated rings. The fraction of sp³-hybridized carbons (Fsp3) is 0.667. The van der Waals surface area contributed by atoms with Gasteiger partial charge in [0.25, 0.3) is 0 Å². The quantitative estimate of drug-likeness (QED) is 0.0630. The summed E-state index contributed by atoms with van der Waals surface area (Å²) < 4.78 is 25.0. The third-order valence-electron chi connectivity index (χ3n) is 13.4. The molecule has 2 saturated carbocycles. The van der Waals surface area contributed by atoms with Gasteiger partial charge in [-0.25, -0.2) is 0 Å². The van der Waals surface area contributed by atoms with Crippen molar-refractivity contribution in [1.29, 1.82) is 0 Å². The SMILES string of the molecule is CCCCCCC[C@H]1CC[C@H](CCCOc2ccc(COC[C@H](OCc3ccc(OCCC[C@H]4CC[C@H](CCCCCCC)CC4)cc3)c3ccccc3)cc2)CC1. The van der Waals surface area contributed by atoms with Crippen LogP contribution >= 0.6 is 0 Å². The summed E-state index contributed by atoms with van der Waals surface area (Å²) in [6.45, 7) is 7.77. The molecule has 3 aromatic carbocycles. The molecular weight excluding hydrogens is 713 g/mol. The molecule has 0 spiro atoms. The number of unbranched alkanes of at least 4 members (excludes halogenated alkanes) is 8. The first-order chi connectivity index (χ1) is 28.7. The average molecular weight is 795 g/mol. The van der Waals surface area contributed by atoms with E-state index in [9.17, 15) is 0 Å². The van der Waals surface area contributed by atoms with Crippen LogP contribution in [0.25, 0.3) is 0 Å². The first-order valence-corrected chi connectivity index (χ1v) is 24.4. The van der Waals surface area contributed by atoms with Crippen molar-refractivity contribution in [2.45, 2.75) is 187 Å². The van der Waals surface area contributed by atoms with Gasteiger partial charge >= 0.3 is 0 Å². The molecule has 58 heavy (non-hydrogen) atoms. The molecule has 2 aliphatic carbocycles. The minimum atomic E-state index is -0.147. The monoisotopic (exact) mass is 795 g/mol. The number of ether oxygens (including phenoxy) is 4. The van der Waals surface area contributed by atoms with Gasteiger partial charge in [-0.05, 0) is 90.3 Å². The van der Waals surface area contributed by atoms with Crippen LogP contribution in [0.4, 0.5) is 0 Å². The molecule has 4 heteroatoms. The standard InChI is InChI=1S/C54H82O4/c1-3-5-7-9-12-18-45-24-28-47(29-25-45)20-16-40-56-52-36-32-49(33-37-52)42-55-44-54(51-22-14-11-15-23-51)58-43-50-34-38-53(39-35-50)57-41-17-21-48-30-26-46(27-31-48)19-13-10-8-6-4-2/h11,14-15,22-23,32-39,45-48,54H,3-10,12-13,16-21,24-31,40-44H2,1-2H3/t45-,46-,47-,48-,54-/m0/s1. The molecule has 3 aromatic rings. The number of benzene rings is 3. The molecule has 322 valence electrons. The molecule has 2 aliphatic rings. The highest BCUT2D eigenvalue weighted by atomic mass is 16.5. The highest BCUT2D eigenvalue weighted by molar-refractivity contribution is 5.28. The Morgan fingerprint density at radius 1 is 0.448 bits per heavy atom. The van der Waals surface area contributed by atoms with Crippen molar-refractivity contribution < 1.29 is 18.9 Å². The third-order valence-corrected chi connectivity index (χ3v) is 13.4. The zero-order valence-corrected chi connectivity index (χ0v) is 37.0. The average Bonchev–Trinajstić information content (AvgIpc) is 3.27. The van der Waals surface area contributed by atoms with Gasteiger partial charge < -0.3 is 18.9 Å². The van der Waals surface area contributed by atoms with Crippen LogP contribution in [0.2, 0.25) is 0 Å². The van der Waals surface area contributed by atoms with E-state index in [-0.39, 0.29) is 6.10 Å². The Balaban J connectivity index is 0.922. The van der Waals surface area contributed by atoms with Crippen molar-refractivity contribution in [2.24, 2.45) is 23.7 Å². The van der Waals surface area contributed by atoms with Gasteiger partial charge in [-0.1, -0.05) is 197 Å². The smallest absolute Gasteiger partial charge is 0.119 e. The molecule has 0 saturated heterocycles. The summed E-state index contributed by atoms with van der Waals surface area (Å²) in [6.07, 6.45) is 33.3. The van der Waals surface area contributed by atoms with Crippen LogP contribution in [0.3, 0.4) is 0 Å². The van der Waals surface area contributed by atoms with Crippen molar-refractivity contribution >= 4 is 0 Å². The molecule has 4 nitrogen and oxygen atoms in total. The van der Waals surface area contributed by atoms with E-state index in [1.54, 1.807) is 0 Å². The Morgan fingerprint density at radius 3 is 1.31 bits per heavy atom. The first-order valence-electron chi connectivity index (χ1n) is 24.4. The number of hydrogen-bond donors (Lipinski definition) is 0. The highest BCUT2D eigenvalue weighted by Crippen LogP contribution is 2.36. The fourth-order valence-electron chi connectivity index (χ4n) is 9.57. The summed E-state index contributed by atoms with van der Waals surface area (Å²) in [5.74, 6) is 5.68. The van der Waals surface area contributed by atoms with E-state index in [1.165, 1.54) is 141 Å². The largest absolute Gasteiger partial charge is 0.494 e. The van der Waals surface area contributed by atoms with Crippen molar-refractivity contribution in [3.63, 3.8) is 0 Å². The number of rotatable bonds is 30. The van der Waals surface area contributed by atoms with Crippen LogP contribution < -0.4 is 9.47 Å². The van der Waals surface area contributed by atoms with Gasteiger partial charge in [0.2, 0.25) is 0 Å². The van der Waals surface area contributed by atoms with Crippen LogP contribution in [0.1, 0.15) is 191 Å². The van der Waals surface area contributed by atoms with E-state index in [1.807, 2.05) is 6.07 Å². The van der Waals surface area contributed by atoms with Gasteiger partial charge in [-0.3, -0.25) is 0 Å². The molecule has 1 atom stereocenters. The van der Waals surface area contributed by atoms with Crippen LogP contribution in [0, 0.1) is 23.7 Å². The predicted molar refractivity (Wildman–Crippen MR) is 244 cm³/mol. The topological polar surface area (TPSA) is 36.9 Å². The van der Waals surface area contributed by atoms with Crippen molar-refractivity contribution in [3.8, 4) is 11.5 Å². The first kappa shape index (κ1) is 46.2. The van der Waals surface area contributed by atoms with Crippen molar-refractivity contribution in [3.05, 3.63) is 95.6 Å². The second-order valence-corrected chi connectivity index (χ2v) is 18.2. The summed E-state index contributed by atoms with van der Waals surface area (Å²) in [5, 5.41) is 0. The summed E-state index contributed by atoms with van der Waals surface area (Å²) in [7, 11) is 0. The molecule has 0 heterocycles. The Hall–Kier alpha value is -2.82. The molecule has 0 aliphatic heterocycles. The zero-order chi connectivity index (χ0) is 40.3. The normalized spacial score (nSPS) is 20.2. The van der Waals surface area contributed by atoms with Crippen LogP contribution in [-0.4, -0.2) is 19.8 Å². The van der Waals surface area contributed by atoms with E-state index < -0.39 is 0 Å². The summed E-state index contributed by atoms with van der Waals surface area (Å²) in [4.78, 5) is 0. The van der Waals surface area contributed by atoms with E-state index in [2.05, 4.69) is 86.6 Å². The molecule has 5 rings (SSSR count). The van der Waals surface area contributed by atoms with Gasteiger partial charge in [-0.2, -0.15) is 0 Å². The maximum atomic E-state index is 6.47. The van der Waals surface area contributed by atoms with Gasteiger partial charge in [0.1, 0.15) is 17.6 Å². The Morgan fingerprint density at radius 2 is 0.862 bits per heavy atom. The lowest BCUT2D eigenvalue weighted by atomic mass is 9.78. The minimum absolute atomic E-state index is 0.147. The zero-order valence-electron chi connectivity index (χ0n) is 37.0. The molecule has 0 aromatic heterocycles. The van der Waals surface area contributed by atoms with Crippen LogP contribution in [0.5, 0.6) is 11.5 Å². The second kappa shape index (κ2) is 28.6. The van der Waals surface area contributed by atoms with E-state index in [4.69, 9.17) is 18.9 Å². The van der Waals surface area contributed by atoms with Crippen molar-refractivity contribution in [1.82, 2.24) is 0 Å². The molecule has 0 amide bonds. The Labute approximate surface area is 355 Å². The van der Waals surface area contributed by atoms with E-state index in [0.29, 0.717) is 19.8 Å². The van der Waals surface area contributed by atoms with Gasteiger partial charge in [0.05, 0.1) is 33.0 Å².